The number of aromatic hydroxyl groups is 3. The minimum Gasteiger partial charge on any atom is -0.507 e. The number of nitrogens with one attached hydrogen (secondary N) is 1. The van der Waals surface area contributed by atoms with Gasteiger partial charge >= 0.3 is 5.97 Å². The Morgan fingerprint density at radius 1 is 0.933 bits per heavy atom. The number of phenolic OH excluding ortho intramolecular Hbond substituents is 3. The summed E-state index contributed by atoms with van der Waals surface area (Å²) in [6, 6.07) is 2.57. The molecule has 0 radical (unpaired) electrons. The number of aliphatic carboxylic acids is 1. The lowest BCUT2D eigenvalue weighted by molar-refractivity contribution is -0.438. The molecule has 0 aromatic heterocycles. The lowest BCUT2D eigenvalue weighted by Crippen LogP contribution is -2.63. The quantitative estimate of drug-likeness (QED) is 0.0476. The highest BCUT2D eigenvalue weighted by atomic mass is 17.2. The molecule has 20 nitrogen and oxygen atoms in total. The van der Waals surface area contributed by atoms with Gasteiger partial charge in [-0.2, -0.15) is 0 Å². The number of carboxylic acid groups (broad SMARTS) is 1. The lowest BCUT2D eigenvalue weighted by atomic mass is 9.74. The van der Waals surface area contributed by atoms with Gasteiger partial charge in [0.05, 0.1) is 55.8 Å². The molecule has 0 spiro atoms. The van der Waals surface area contributed by atoms with Crippen molar-refractivity contribution in [3.05, 3.63) is 68.8 Å². The minimum atomic E-state index is -1.87. The highest BCUT2D eigenvalue weighted by Crippen LogP contribution is 2.57. The van der Waals surface area contributed by atoms with Crippen LogP contribution < -0.4 is 10.1 Å². The maximum absolute atomic E-state index is 14.1. The number of carbonyl (C=O) groups is 4. The summed E-state index contributed by atoms with van der Waals surface area (Å²) in [7, 11) is 4.61. The van der Waals surface area contributed by atoms with Crippen molar-refractivity contribution in [3.8, 4) is 34.1 Å². The Labute approximate surface area is 341 Å². The SMILES string of the molecule is COc1cc(O)c2c(c1)C(=O)c1c(cc3c(c1O)-c1c(cc(C)c(C(=O)N[C@H](C)C(=O)O)c1O)[C@H](O[C@@H]1O[C@H](C)[C@H](N(C)C)[C@H](OO[C@@H](CO)OCCO)[C@H]1O)[C@H]3O)C2=O. The van der Waals surface area contributed by atoms with Crippen molar-refractivity contribution < 1.29 is 88.8 Å². The van der Waals surface area contributed by atoms with Crippen LogP contribution in [0.1, 0.15) is 84.9 Å². The van der Waals surface area contributed by atoms with E-state index in [4.69, 9.17) is 33.8 Å². The Morgan fingerprint density at radius 3 is 2.20 bits per heavy atom. The van der Waals surface area contributed by atoms with E-state index >= 15 is 0 Å². The zero-order valence-electron chi connectivity index (χ0n) is 33.2. The number of hydrogen-bond donors (Lipinski definition) is 9. The first-order valence-corrected chi connectivity index (χ1v) is 18.7. The number of hydrogen-bond acceptors (Lipinski definition) is 18. The summed E-state index contributed by atoms with van der Waals surface area (Å²) in [5, 5.41) is 89.4. The zero-order chi connectivity index (χ0) is 44.1. The Morgan fingerprint density at radius 2 is 1.58 bits per heavy atom. The third-order valence-electron chi connectivity index (χ3n) is 10.7. The van der Waals surface area contributed by atoms with Crippen LogP contribution in [0.25, 0.3) is 11.1 Å². The maximum atomic E-state index is 14.1. The average molecular weight is 843 g/mol. The molecule has 9 atom stereocenters. The largest absolute Gasteiger partial charge is 0.507 e. The van der Waals surface area contributed by atoms with Gasteiger partial charge in [0.25, 0.3) is 5.91 Å². The first-order chi connectivity index (χ1) is 28.4. The number of carboxylic acids is 1. The number of phenols is 3. The number of aliphatic hydroxyl groups excluding tert-OH is 4. The minimum absolute atomic E-state index is 0.0224. The normalized spacial score (nSPS) is 24.2. The second-order valence-electron chi connectivity index (χ2n) is 14.8. The van der Waals surface area contributed by atoms with E-state index in [1.54, 1.807) is 25.9 Å². The summed E-state index contributed by atoms with van der Waals surface area (Å²) >= 11 is 0. The molecule has 324 valence electrons. The molecule has 1 amide bonds. The highest BCUT2D eigenvalue weighted by molar-refractivity contribution is 6.31. The third kappa shape index (κ3) is 7.66. The highest BCUT2D eigenvalue weighted by Gasteiger charge is 2.50. The maximum Gasteiger partial charge on any atom is 0.325 e. The number of likely N-dealkylation sites (N-methyl/N-ethyl adjacent to an activating group) is 1. The monoisotopic (exact) mass is 842 g/mol. The van der Waals surface area contributed by atoms with Crippen LogP contribution >= 0.6 is 0 Å². The number of rotatable bonds is 14. The Kier molecular flexibility index (Phi) is 12.8. The molecule has 0 unspecified atom stereocenters. The van der Waals surface area contributed by atoms with Gasteiger partial charge in [-0.05, 0) is 63.7 Å². The van der Waals surface area contributed by atoms with Crippen LogP contribution in [0.4, 0.5) is 0 Å². The predicted octanol–water partition coefficient (Wildman–Crippen LogP) is 0.550. The van der Waals surface area contributed by atoms with Gasteiger partial charge in [0.15, 0.2) is 17.9 Å². The Balaban J connectivity index is 1.51. The molecule has 9 N–H and O–H groups in total. The molecule has 3 aliphatic rings. The summed E-state index contributed by atoms with van der Waals surface area (Å²) in [5.74, 6) is -6.55. The molecule has 3 aromatic carbocycles. The van der Waals surface area contributed by atoms with Crippen molar-refractivity contribution in [1.29, 1.82) is 0 Å². The standard InChI is InChI=1S/C40H46N2O18/c1-14-9-21-27(33(49)24(14)38(52)41-15(2)39(53)54)26-19(12-20-28(34(26)50)31(47)18-10-17(55-6)11-22(45)25(18)30(20)46)32(48)36(21)58-40-35(51)37(29(42(4)5)16(3)57-40)60-59-23(13-44)56-8-7-43/h9-12,15-16,23,29,32,35-37,40,43-45,48-51H,7-8,13H2,1-6H3,(H,41,52)(H,53,54)/t15-,16-,23+,29+,32+,35-,36+,37+,40+/m1/s1. The van der Waals surface area contributed by atoms with Crippen LogP contribution in [0.2, 0.25) is 0 Å². The Hall–Kier alpha value is -5.26. The van der Waals surface area contributed by atoms with Crippen LogP contribution in [0, 0.1) is 6.92 Å². The van der Waals surface area contributed by atoms with Crippen LogP contribution in [0.5, 0.6) is 23.0 Å². The lowest BCUT2D eigenvalue weighted by Gasteiger charge is -2.46. The molecule has 1 fully saturated rings. The number of benzene rings is 3. The molecule has 0 bridgehead atoms. The summed E-state index contributed by atoms with van der Waals surface area (Å²) in [6.07, 6.45) is -10.4. The molecule has 1 heterocycles. The fourth-order valence-corrected chi connectivity index (χ4v) is 7.91. The van der Waals surface area contributed by atoms with Gasteiger partial charge in [0.2, 0.25) is 6.29 Å². The van der Waals surface area contributed by atoms with E-state index < -0.39 is 125 Å². The van der Waals surface area contributed by atoms with Gasteiger partial charge < -0.3 is 70.0 Å². The number of carbonyl (C=O) groups excluding carboxylic acids is 3. The molecule has 2 aliphatic carbocycles. The number of aliphatic hydroxyl groups is 4. The third-order valence-corrected chi connectivity index (χ3v) is 10.7. The van der Waals surface area contributed by atoms with E-state index in [1.165, 1.54) is 33.1 Å². The number of ketones is 2. The molecule has 3 aromatic rings. The number of nitrogens with zero attached hydrogens (tertiary/aromatic N) is 1. The van der Waals surface area contributed by atoms with E-state index in [2.05, 4.69) is 5.32 Å². The number of aryl methyl sites for hydroxylation is 1. The molecule has 6 rings (SSSR count). The first-order valence-electron chi connectivity index (χ1n) is 18.7. The van der Waals surface area contributed by atoms with Crippen molar-refractivity contribution in [2.45, 2.75) is 76.0 Å². The molecule has 0 saturated carbocycles. The van der Waals surface area contributed by atoms with Crippen LogP contribution in [0.3, 0.4) is 0 Å². The van der Waals surface area contributed by atoms with Crippen molar-refractivity contribution in [1.82, 2.24) is 10.2 Å². The average Bonchev–Trinajstić information content (AvgIpc) is 3.19. The van der Waals surface area contributed by atoms with E-state index in [0.717, 1.165) is 12.1 Å². The van der Waals surface area contributed by atoms with Gasteiger partial charge in [-0.15, -0.1) is 0 Å². The summed E-state index contributed by atoms with van der Waals surface area (Å²) in [4.78, 5) is 65.9. The predicted molar refractivity (Wildman–Crippen MR) is 203 cm³/mol. The Bertz CT molecular complexity index is 2210. The van der Waals surface area contributed by atoms with Crippen molar-refractivity contribution >= 4 is 23.4 Å². The van der Waals surface area contributed by atoms with Crippen molar-refractivity contribution in [2.75, 3.05) is 41.0 Å². The molecular weight excluding hydrogens is 796 g/mol. The number of ether oxygens (including phenoxy) is 4. The van der Waals surface area contributed by atoms with Crippen LogP contribution in [-0.2, 0) is 28.8 Å². The summed E-state index contributed by atoms with van der Waals surface area (Å²) in [5.41, 5.74) is -3.23. The summed E-state index contributed by atoms with van der Waals surface area (Å²) < 4.78 is 22.8. The second kappa shape index (κ2) is 17.4. The number of fused-ring (bicyclic) bond motifs is 5. The summed E-state index contributed by atoms with van der Waals surface area (Å²) in [6.45, 7) is 2.94. The van der Waals surface area contributed by atoms with E-state index in [-0.39, 0.29) is 52.3 Å². The van der Waals surface area contributed by atoms with E-state index in [0.29, 0.717) is 0 Å². The molecule has 1 aliphatic heterocycles. The van der Waals surface area contributed by atoms with Crippen molar-refractivity contribution in [3.63, 3.8) is 0 Å². The topological polar surface area (TPSA) is 301 Å². The van der Waals surface area contributed by atoms with E-state index in [9.17, 15) is 54.9 Å². The van der Waals surface area contributed by atoms with Gasteiger partial charge in [-0.3, -0.25) is 19.2 Å². The molecule has 60 heavy (non-hydrogen) atoms. The molecule has 1 saturated heterocycles. The number of methoxy groups -OCH3 is 1. The van der Waals surface area contributed by atoms with Gasteiger partial charge in [0, 0.05) is 28.3 Å². The zero-order valence-corrected chi connectivity index (χ0v) is 33.2. The first kappa shape index (κ1) is 44.3. The smallest absolute Gasteiger partial charge is 0.325 e. The molecular formula is C40H46N2O18. The van der Waals surface area contributed by atoms with E-state index in [1.807, 2.05) is 0 Å². The van der Waals surface area contributed by atoms with Gasteiger partial charge in [-0.1, -0.05) is 6.07 Å². The number of amides is 1. The van der Waals surface area contributed by atoms with Gasteiger partial charge in [-0.25, -0.2) is 9.78 Å². The van der Waals surface area contributed by atoms with Crippen LogP contribution in [0.15, 0.2) is 24.3 Å². The van der Waals surface area contributed by atoms with Crippen molar-refractivity contribution in [2.24, 2.45) is 0 Å². The van der Waals surface area contributed by atoms with Gasteiger partial charge in [0.1, 0.15) is 53.5 Å². The fourth-order valence-electron chi connectivity index (χ4n) is 7.91. The van der Waals surface area contributed by atoms with Crippen LogP contribution in [-0.4, -0.2) is 153 Å². The second-order valence-corrected chi connectivity index (χ2v) is 14.8. The molecule has 20 heteroatoms. The fraction of sp³-hybridized carbons (Fsp3) is 0.450.